The summed E-state index contributed by atoms with van der Waals surface area (Å²) in [6.45, 7) is 9.00. The summed E-state index contributed by atoms with van der Waals surface area (Å²) in [5.74, 6) is 0. The Hall–Kier alpha value is -0.120. The van der Waals surface area contributed by atoms with Crippen LogP contribution in [0.5, 0.6) is 0 Å². The summed E-state index contributed by atoms with van der Waals surface area (Å²) in [5, 5.41) is 12.8. The average molecular weight is 189 g/mol. The number of aliphatic hydroxyl groups is 1. The predicted octanol–water partition coefficient (Wildman–Crippen LogP) is 1.16. The highest BCUT2D eigenvalue weighted by Gasteiger charge is 2.15. The van der Waals surface area contributed by atoms with Crippen molar-refractivity contribution >= 4 is 0 Å². The predicted molar refractivity (Wildman–Crippen MR) is 54.9 cm³/mol. The molecule has 13 heavy (non-hydrogen) atoms. The van der Waals surface area contributed by atoms with E-state index in [2.05, 4.69) is 5.32 Å². The maximum Gasteiger partial charge on any atom is 0.0740 e. The molecule has 2 N–H and O–H groups in total. The van der Waals surface area contributed by atoms with Crippen molar-refractivity contribution in [3.63, 3.8) is 0 Å². The minimum absolute atomic E-state index is 0.564. The van der Waals surface area contributed by atoms with Gasteiger partial charge in [0.05, 0.1) is 5.60 Å². The van der Waals surface area contributed by atoms with E-state index < -0.39 is 5.60 Å². The highest BCUT2D eigenvalue weighted by Crippen LogP contribution is 2.05. The molecule has 0 aliphatic rings. The van der Waals surface area contributed by atoms with Crippen LogP contribution in [0.15, 0.2) is 0 Å². The van der Waals surface area contributed by atoms with E-state index >= 15 is 0 Å². The largest absolute Gasteiger partial charge is 0.389 e. The molecule has 0 aromatic heterocycles. The monoisotopic (exact) mass is 189 g/mol. The van der Waals surface area contributed by atoms with Gasteiger partial charge in [0.1, 0.15) is 0 Å². The fourth-order valence-electron chi connectivity index (χ4n) is 0.926. The van der Waals surface area contributed by atoms with Gasteiger partial charge < -0.3 is 15.2 Å². The van der Waals surface area contributed by atoms with Gasteiger partial charge in [0.25, 0.3) is 0 Å². The summed E-state index contributed by atoms with van der Waals surface area (Å²) >= 11 is 0. The van der Waals surface area contributed by atoms with Crippen molar-refractivity contribution in [3.8, 4) is 0 Å². The summed E-state index contributed by atoms with van der Waals surface area (Å²) in [5.41, 5.74) is -0.564. The molecule has 3 heteroatoms. The first-order valence-corrected chi connectivity index (χ1v) is 5.13. The third kappa shape index (κ3) is 8.22. The van der Waals surface area contributed by atoms with E-state index in [-0.39, 0.29) is 0 Å². The Balaban J connectivity index is 3.16. The molecule has 0 aliphatic heterocycles. The van der Waals surface area contributed by atoms with Crippen LogP contribution in [0.25, 0.3) is 0 Å². The summed E-state index contributed by atoms with van der Waals surface area (Å²) in [7, 11) is 0. The molecule has 0 aromatic rings. The fourth-order valence-corrected chi connectivity index (χ4v) is 0.926. The molecular weight excluding hydrogens is 166 g/mol. The summed E-state index contributed by atoms with van der Waals surface area (Å²) in [4.78, 5) is 0. The van der Waals surface area contributed by atoms with Gasteiger partial charge in [-0.25, -0.2) is 0 Å². The molecule has 80 valence electrons. The fraction of sp³-hybridized carbons (Fsp3) is 1.00. The molecule has 0 fully saturated rings. The van der Waals surface area contributed by atoms with Crippen LogP contribution in [0, 0.1) is 0 Å². The van der Waals surface area contributed by atoms with Crippen molar-refractivity contribution in [2.45, 2.75) is 39.2 Å². The number of rotatable bonds is 8. The molecule has 0 saturated heterocycles. The summed E-state index contributed by atoms with van der Waals surface area (Å²) in [6, 6.07) is 0. The van der Waals surface area contributed by atoms with E-state index in [9.17, 15) is 5.11 Å². The van der Waals surface area contributed by atoms with Crippen molar-refractivity contribution in [2.75, 3.05) is 26.3 Å². The van der Waals surface area contributed by atoms with E-state index in [1.807, 2.05) is 20.8 Å². The second-order valence-corrected chi connectivity index (χ2v) is 3.58. The molecule has 0 saturated carbocycles. The molecule has 1 unspecified atom stereocenters. The SMILES string of the molecule is CCOCCCNCC(C)(O)CC. The van der Waals surface area contributed by atoms with E-state index in [1.165, 1.54) is 0 Å². The Morgan fingerprint density at radius 2 is 2.08 bits per heavy atom. The molecule has 0 amide bonds. The first kappa shape index (κ1) is 12.9. The van der Waals surface area contributed by atoms with Crippen molar-refractivity contribution in [1.82, 2.24) is 5.32 Å². The van der Waals surface area contributed by atoms with Gasteiger partial charge in [-0.2, -0.15) is 0 Å². The second kappa shape index (κ2) is 7.30. The Bertz CT molecular complexity index is 115. The van der Waals surface area contributed by atoms with Crippen molar-refractivity contribution in [2.24, 2.45) is 0 Å². The van der Waals surface area contributed by atoms with E-state index in [0.29, 0.717) is 6.54 Å². The van der Waals surface area contributed by atoms with Gasteiger partial charge in [-0.05, 0) is 33.2 Å². The molecule has 0 radical (unpaired) electrons. The normalized spacial score (nSPS) is 15.7. The lowest BCUT2D eigenvalue weighted by atomic mass is 10.0. The van der Waals surface area contributed by atoms with Gasteiger partial charge in [-0.15, -0.1) is 0 Å². The Labute approximate surface area is 81.5 Å². The molecular formula is C10H23NO2. The van der Waals surface area contributed by atoms with Crippen LogP contribution in [-0.4, -0.2) is 37.0 Å². The van der Waals surface area contributed by atoms with Gasteiger partial charge in [0, 0.05) is 19.8 Å². The smallest absolute Gasteiger partial charge is 0.0740 e. The standard InChI is InChI=1S/C10H23NO2/c1-4-10(3,12)9-11-7-6-8-13-5-2/h11-12H,4-9H2,1-3H3. The first-order valence-electron chi connectivity index (χ1n) is 5.13. The van der Waals surface area contributed by atoms with Crippen LogP contribution >= 0.6 is 0 Å². The zero-order chi connectivity index (χ0) is 10.2. The molecule has 1 atom stereocenters. The van der Waals surface area contributed by atoms with Crippen molar-refractivity contribution in [3.05, 3.63) is 0 Å². The Kier molecular flexibility index (Phi) is 7.23. The molecule has 3 nitrogen and oxygen atoms in total. The topological polar surface area (TPSA) is 41.5 Å². The van der Waals surface area contributed by atoms with Gasteiger partial charge in [0.2, 0.25) is 0 Å². The zero-order valence-corrected chi connectivity index (χ0v) is 9.10. The first-order chi connectivity index (χ1) is 6.12. The van der Waals surface area contributed by atoms with Crippen LogP contribution in [0.4, 0.5) is 0 Å². The van der Waals surface area contributed by atoms with Crippen LogP contribution in [0.2, 0.25) is 0 Å². The van der Waals surface area contributed by atoms with Crippen molar-refractivity contribution < 1.29 is 9.84 Å². The summed E-state index contributed by atoms with van der Waals surface area (Å²) < 4.78 is 5.19. The molecule has 0 aliphatic carbocycles. The van der Waals surface area contributed by atoms with E-state index in [4.69, 9.17) is 4.74 Å². The van der Waals surface area contributed by atoms with E-state index in [1.54, 1.807) is 0 Å². The lowest BCUT2D eigenvalue weighted by Gasteiger charge is -2.21. The number of nitrogens with one attached hydrogen (secondary N) is 1. The van der Waals surface area contributed by atoms with Gasteiger partial charge in [-0.3, -0.25) is 0 Å². The maximum absolute atomic E-state index is 9.63. The molecule has 0 spiro atoms. The van der Waals surface area contributed by atoms with Gasteiger partial charge in [-0.1, -0.05) is 6.92 Å². The van der Waals surface area contributed by atoms with Crippen LogP contribution < -0.4 is 5.32 Å². The van der Waals surface area contributed by atoms with Gasteiger partial charge >= 0.3 is 0 Å². The van der Waals surface area contributed by atoms with Gasteiger partial charge in [0.15, 0.2) is 0 Å². The number of ether oxygens (including phenoxy) is 1. The lowest BCUT2D eigenvalue weighted by Crippen LogP contribution is -2.37. The number of hydrogen-bond acceptors (Lipinski definition) is 3. The highest BCUT2D eigenvalue weighted by atomic mass is 16.5. The van der Waals surface area contributed by atoms with Crippen LogP contribution in [0.3, 0.4) is 0 Å². The zero-order valence-electron chi connectivity index (χ0n) is 9.10. The van der Waals surface area contributed by atoms with Crippen LogP contribution in [0.1, 0.15) is 33.6 Å². The number of hydrogen-bond donors (Lipinski definition) is 2. The molecule has 0 rings (SSSR count). The lowest BCUT2D eigenvalue weighted by molar-refractivity contribution is 0.0550. The highest BCUT2D eigenvalue weighted by molar-refractivity contribution is 4.72. The van der Waals surface area contributed by atoms with Crippen molar-refractivity contribution in [1.29, 1.82) is 0 Å². The maximum atomic E-state index is 9.63. The molecule has 0 bridgehead atoms. The molecule has 0 aromatic carbocycles. The van der Waals surface area contributed by atoms with E-state index in [0.717, 1.165) is 32.6 Å². The minimum atomic E-state index is -0.564. The third-order valence-corrected chi connectivity index (χ3v) is 2.11. The Morgan fingerprint density at radius 3 is 2.62 bits per heavy atom. The quantitative estimate of drug-likeness (QED) is 0.563. The van der Waals surface area contributed by atoms with Crippen LogP contribution in [-0.2, 0) is 4.74 Å². The minimum Gasteiger partial charge on any atom is -0.389 e. The molecule has 0 heterocycles. The second-order valence-electron chi connectivity index (χ2n) is 3.58. The Morgan fingerprint density at radius 1 is 1.38 bits per heavy atom. The average Bonchev–Trinajstić information content (AvgIpc) is 2.11. The summed E-state index contributed by atoms with van der Waals surface area (Å²) in [6.07, 6.45) is 1.79. The third-order valence-electron chi connectivity index (χ3n) is 2.11.